The van der Waals surface area contributed by atoms with Gasteiger partial charge in [-0.15, -0.1) is 0 Å². The highest BCUT2D eigenvalue weighted by Crippen LogP contribution is 2.41. The lowest BCUT2D eigenvalue weighted by atomic mass is 10.0. The second-order valence-electron chi connectivity index (χ2n) is 2.90. The maximum Gasteiger partial charge on any atom is 0.0994 e. The summed E-state index contributed by atoms with van der Waals surface area (Å²) in [4.78, 5) is 0. The quantitative estimate of drug-likeness (QED) is 0.589. The molecule has 0 bridgehead atoms. The highest BCUT2D eigenvalue weighted by atomic mass is 14.3. The molecule has 1 saturated carbocycles. The van der Waals surface area contributed by atoms with Crippen molar-refractivity contribution in [2.75, 3.05) is 0 Å². The normalized spacial score (nSPS) is 15.9. The molecule has 53 valence electrons. The van der Waals surface area contributed by atoms with Crippen LogP contribution in [0.1, 0.15) is 29.9 Å². The smallest absolute Gasteiger partial charge is 0.0994 e. The molecule has 1 aliphatic rings. The van der Waals surface area contributed by atoms with Gasteiger partial charge in [0.05, 0.1) is 11.6 Å². The van der Waals surface area contributed by atoms with Crippen LogP contribution in [-0.2, 0) is 0 Å². The van der Waals surface area contributed by atoms with Crippen molar-refractivity contribution < 1.29 is 0 Å². The van der Waals surface area contributed by atoms with Gasteiger partial charge in [0.1, 0.15) is 0 Å². The lowest BCUT2D eigenvalue weighted by Crippen LogP contribution is -1.84. The highest BCUT2D eigenvalue weighted by Gasteiger charge is 2.25. The van der Waals surface area contributed by atoms with Gasteiger partial charge in [-0.3, -0.25) is 0 Å². The Morgan fingerprint density at radius 3 is 3.00 bits per heavy atom. The van der Waals surface area contributed by atoms with Crippen molar-refractivity contribution in [1.82, 2.24) is 0 Å². The maximum atomic E-state index is 8.73. The van der Waals surface area contributed by atoms with Gasteiger partial charge >= 0.3 is 0 Å². The zero-order chi connectivity index (χ0) is 7.68. The first-order valence-corrected chi connectivity index (χ1v) is 3.82. The van der Waals surface area contributed by atoms with Gasteiger partial charge < -0.3 is 0 Å². The van der Waals surface area contributed by atoms with Crippen molar-refractivity contribution in [3.8, 4) is 6.07 Å². The largest absolute Gasteiger partial charge is 0.192 e. The summed E-state index contributed by atoms with van der Waals surface area (Å²) >= 11 is 0. The Kier molecular flexibility index (Phi) is 1.40. The molecule has 1 radical (unpaired) electrons. The van der Waals surface area contributed by atoms with Crippen molar-refractivity contribution >= 4 is 0 Å². The van der Waals surface area contributed by atoms with Crippen LogP contribution in [0, 0.1) is 17.4 Å². The first-order chi connectivity index (χ1) is 5.42. The Labute approximate surface area is 66.3 Å². The molecule has 1 fully saturated rings. The molecule has 0 aromatic heterocycles. The fraction of sp³-hybridized carbons (Fsp3) is 0.300. The number of benzene rings is 1. The summed E-state index contributed by atoms with van der Waals surface area (Å²) in [5, 5.41) is 8.73. The molecular formula is C10H8N. The van der Waals surface area contributed by atoms with E-state index in [-0.39, 0.29) is 0 Å². The van der Waals surface area contributed by atoms with E-state index >= 15 is 0 Å². The fourth-order valence-electron chi connectivity index (χ4n) is 1.29. The van der Waals surface area contributed by atoms with Crippen LogP contribution in [0.15, 0.2) is 18.2 Å². The highest BCUT2D eigenvalue weighted by molar-refractivity contribution is 5.40. The summed E-state index contributed by atoms with van der Waals surface area (Å²) in [7, 11) is 0. The molecule has 1 heteroatoms. The van der Waals surface area contributed by atoms with Gasteiger partial charge in [-0.2, -0.15) is 5.26 Å². The molecule has 0 N–H and O–H groups in total. The van der Waals surface area contributed by atoms with Crippen molar-refractivity contribution in [2.24, 2.45) is 0 Å². The average Bonchev–Trinajstić information content (AvgIpc) is 2.87. The second kappa shape index (κ2) is 2.39. The Balaban J connectivity index is 2.44. The van der Waals surface area contributed by atoms with Crippen LogP contribution in [0.4, 0.5) is 0 Å². The van der Waals surface area contributed by atoms with Gasteiger partial charge in [-0.1, -0.05) is 12.1 Å². The molecule has 0 saturated heterocycles. The van der Waals surface area contributed by atoms with Crippen LogP contribution in [0.3, 0.4) is 0 Å². The summed E-state index contributed by atoms with van der Waals surface area (Å²) in [5.74, 6) is 0.666. The van der Waals surface area contributed by atoms with Gasteiger partial charge in [0.25, 0.3) is 0 Å². The van der Waals surface area contributed by atoms with Crippen LogP contribution in [0.2, 0.25) is 0 Å². The summed E-state index contributed by atoms with van der Waals surface area (Å²) < 4.78 is 0. The number of nitrogens with zero attached hydrogens (tertiary/aromatic N) is 1. The van der Waals surface area contributed by atoms with E-state index in [0.29, 0.717) is 5.92 Å². The molecule has 1 aliphatic carbocycles. The molecule has 0 unspecified atom stereocenters. The Bertz CT molecular complexity index is 305. The lowest BCUT2D eigenvalue weighted by Gasteiger charge is -1.97. The molecular weight excluding hydrogens is 134 g/mol. The van der Waals surface area contributed by atoms with E-state index in [4.69, 9.17) is 5.26 Å². The van der Waals surface area contributed by atoms with Crippen LogP contribution in [0.25, 0.3) is 0 Å². The zero-order valence-electron chi connectivity index (χ0n) is 6.17. The molecule has 0 atom stereocenters. The Hall–Kier alpha value is -1.29. The van der Waals surface area contributed by atoms with Gasteiger partial charge in [0, 0.05) is 0 Å². The molecule has 2 rings (SSSR count). The van der Waals surface area contributed by atoms with Gasteiger partial charge in [-0.05, 0) is 36.5 Å². The minimum atomic E-state index is 0.666. The molecule has 1 aromatic carbocycles. The van der Waals surface area contributed by atoms with E-state index in [0.717, 1.165) is 5.56 Å². The van der Waals surface area contributed by atoms with Crippen LogP contribution < -0.4 is 0 Å². The van der Waals surface area contributed by atoms with Gasteiger partial charge in [0.15, 0.2) is 0 Å². The molecule has 0 amide bonds. The minimum absolute atomic E-state index is 0.666. The predicted octanol–water partition coefficient (Wildman–Crippen LogP) is 2.24. The fourth-order valence-corrected chi connectivity index (χ4v) is 1.29. The second-order valence-corrected chi connectivity index (χ2v) is 2.90. The van der Waals surface area contributed by atoms with E-state index in [9.17, 15) is 0 Å². The Morgan fingerprint density at radius 1 is 1.55 bits per heavy atom. The summed E-state index contributed by atoms with van der Waals surface area (Å²) in [6.45, 7) is 0. The number of nitriles is 1. The number of hydrogen-bond donors (Lipinski definition) is 0. The van der Waals surface area contributed by atoms with E-state index in [1.807, 2.05) is 12.1 Å². The monoisotopic (exact) mass is 142 g/mol. The van der Waals surface area contributed by atoms with E-state index < -0.39 is 0 Å². The molecule has 1 aromatic rings. The van der Waals surface area contributed by atoms with Crippen molar-refractivity contribution in [3.63, 3.8) is 0 Å². The third-order valence-electron chi connectivity index (χ3n) is 2.04. The maximum absolute atomic E-state index is 8.73. The van der Waals surface area contributed by atoms with Crippen LogP contribution >= 0.6 is 0 Å². The first kappa shape index (κ1) is 6.42. The van der Waals surface area contributed by atoms with E-state index in [1.54, 1.807) is 6.07 Å². The van der Waals surface area contributed by atoms with E-state index in [1.165, 1.54) is 18.4 Å². The lowest BCUT2D eigenvalue weighted by molar-refractivity contribution is 1.12. The van der Waals surface area contributed by atoms with Crippen LogP contribution in [-0.4, -0.2) is 0 Å². The summed E-state index contributed by atoms with van der Waals surface area (Å²) in [6.07, 6.45) is 2.50. The van der Waals surface area contributed by atoms with Crippen LogP contribution in [0.5, 0.6) is 0 Å². The topological polar surface area (TPSA) is 23.8 Å². The number of rotatable bonds is 1. The third-order valence-corrected chi connectivity index (χ3v) is 2.04. The molecule has 0 spiro atoms. The number of hydrogen-bond acceptors (Lipinski definition) is 1. The van der Waals surface area contributed by atoms with Crippen molar-refractivity contribution in [1.29, 1.82) is 5.26 Å². The first-order valence-electron chi connectivity index (χ1n) is 3.82. The average molecular weight is 142 g/mol. The zero-order valence-corrected chi connectivity index (χ0v) is 6.17. The van der Waals surface area contributed by atoms with Crippen molar-refractivity contribution in [3.05, 3.63) is 35.4 Å². The van der Waals surface area contributed by atoms with Gasteiger partial charge in [-0.25, -0.2) is 0 Å². The molecule has 0 aliphatic heterocycles. The summed E-state index contributed by atoms with van der Waals surface area (Å²) in [6, 6.07) is 10.8. The predicted molar refractivity (Wildman–Crippen MR) is 42.0 cm³/mol. The Morgan fingerprint density at radius 2 is 2.36 bits per heavy atom. The minimum Gasteiger partial charge on any atom is -0.192 e. The third kappa shape index (κ3) is 1.12. The standard InChI is InChI=1S/C10H8N/c11-7-9-3-1-2-4-10(9)8-5-6-8/h2-4,8H,5-6H2. The molecule has 1 nitrogen and oxygen atoms in total. The SMILES string of the molecule is N#Cc1c[c]ccc1C1CC1. The van der Waals surface area contributed by atoms with Crippen molar-refractivity contribution in [2.45, 2.75) is 18.8 Å². The molecule has 11 heavy (non-hydrogen) atoms. The molecule has 0 heterocycles. The van der Waals surface area contributed by atoms with Gasteiger partial charge in [0.2, 0.25) is 0 Å². The summed E-state index contributed by atoms with van der Waals surface area (Å²) in [5.41, 5.74) is 2.02. The van der Waals surface area contributed by atoms with E-state index in [2.05, 4.69) is 12.1 Å².